The van der Waals surface area contributed by atoms with Crippen LogP contribution in [0.4, 0.5) is 10.5 Å². The van der Waals surface area contributed by atoms with Gasteiger partial charge >= 0.3 is 6.09 Å². The van der Waals surface area contributed by atoms with E-state index in [2.05, 4.69) is 33.6 Å². The molecule has 0 atom stereocenters. The summed E-state index contributed by atoms with van der Waals surface area (Å²) in [5.74, 6) is 0.867. The number of ether oxygens (including phenoxy) is 2. The first-order chi connectivity index (χ1) is 10.3. The first-order valence-corrected chi connectivity index (χ1v) is 8.44. The number of carbonyl (C=O) groups excluding carboxylic acids is 1. The number of halogens is 1. The van der Waals surface area contributed by atoms with Crippen molar-refractivity contribution in [3.05, 3.63) is 21.8 Å². The van der Waals surface area contributed by atoms with E-state index >= 15 is 0 Å². The zero-order chi connectivity index (χ0) is 16.3. The Morgan fingerprint density at radius 2 is 1.82 bits per heavy atom. The Labute approximate surface area is 145 Å². The van der Waals surface area contributed by atoms with Crippen LogP contribution in [0, 0.1) is 3.57 Å². The number of benzene rings is 1. The van der Waals surface area contributed by atoms with Gasteiger partial charge in [-0.2, -0.15) is 0 Å². The van der Waals surface area contributed by atoms with Gasteiger partial charge in [0.05, 0.1) is 12.8 Å². The van der Waals surface area contributed by atoms with Crippen LogP contribution in [0.2, 0.25) is 0 Å². The molecule has 1 fully saturated rings. The number of hydrogen-bond acceptors (Lipinski definition) is 4. The molecule has 1 heterocycles. The summed E-state index contributed by atoms with van der Waals surface area (Å²) in [5.41, 5.74) is 0.630. The van der Waals surface area contributed by atoms with Crippen molar-refractivity contribution >= 4 is 34.4 Å². The number of carbonyl (C=O) groups is 1. The molecular weight excluding hydrogens is 395 g/mol. The normalized spacial score (nSPS) is 15.7. The van der Waals surface area contributed by atoms with Crippen LogP contribution in [0.1, 0.15) is 20.8 Å². The van der Waals surface area contributed by atoms with Crippen molar-refractivity contribution < 1.29 is 14.3 Å². The van der Waals surface area contributed by atoms with Crippen LogP contribution in [-0.2, 0) is 4.74 Å². The summed E-state index contributed by atoms with van der Waals surface area (Å²) in [4.78, 5) is 16.1. The minimum Gasteiger partial charge on any atom is -0.495 e. The number of hydrogen-bond donors (Lipinski definition) is 0. The van der Waals surface area contributed by atoms with Crippen LogP contribution in [-0.4, -0.2) is 49.9 Å². The van der Waals surface area contributed by atoms with Gasteiger partial charge in [-0.25, -0.2) is 4.79 Å². The summed E-state index contributed by atoms with van der Waals surface area (Å²) < 4.78 is 12.0. The fourth-order valence-electron chi connectivity index (χ4n) is 2.37. The van der Waals surface area contributed by atoms with Gasteiger partial charge in [-0.15, -0.1) is 0 Å². The molecule has 0 radical (unpaired) electrons. The molecule has 1 amide bonds. The molecule has 1 aromatic rings. The van der Waals surface area contributed by atoms with E-state index in [4.69, 9.17) is 9.47 Å². The van der Waals surface area contributed by atoms with Gasteiger partial charge < -0.3 is 19.3 Å². The molecule has 1 aliphatic heterocycles. The fourth-order valence-corrected chi connectivity index (χ4v) is 2.84. The van der Waals surface area contributed by atoms with Gasteiger partial charge in [0.1, 0.15) is 11.4 Å². The third kappa shape index (κ3) is 4.41. The smallest absolute Gasteiger partial charge is 0.410 e. The summed E-state index contributed by atoms with van der Waals surface area (Å²) in [5, 5.41) is 0. The summed E-state index contributed by atoms with van der Waals surface area (Å²) in [7, 11) is 1.68. The second kappa shape index (κ2) is 6.93. The fraction of sp³-hybridized carbons (Fsp3) is 0.562. The Balaban J connectivity index is 2.00. The van der Waals surface area contributed by atoms with Gasteiger partial charge in [-0.1, -0.05) is 0 Å². The average Bonchev–Trinajstić information content (AvgIpc) is 2.45. The molecule has 0 unspecified atom stereocenters. The molecule has 22 heavy (non-hydrogen) atoms. The maximum absolute atomic E-state index is 12.1. The molecule has 122 valence electrons. The largest absolute Gasteiger partial charge is 0.495 e. The van der Waals surface area contributed by atoms with Gasteiger partial charge in [0, 0.05) is 29.7 Å². The Morgan fingerprint density at radius 1 is 1.18 bits per heavy atom. The molecule has 5 nitrogen and oxygen atoms in total. The summed E-state index contributed by atoms with van der Waals surface area (Å²) in [6, 6.07) is 6.12. The Bertz CT molecular complexity index is 535. The van der Waals surface area contributed by atoms with E-state index in [-0.39, 0.29) is 6.09 Å². The van der Waals surface area contributed by atoms with E-state index in [9.17, 15) is 4.79 Å². The molecule has 0 N–H and O–H groups in total. The minimum absolute atomic E-state index is 0.234. The van der Waals surface area contributed by atoms with Crippen molar-refractivity contribution in [3.8, 4) is 5.75 Å². The predicted octanol–water partition coefficient (Wildman–Crippen LogP) is 3.36. The second-order valence-corrected chi connectivity index (χ2v) is 7.52. The zero-order valence-electron chi connectivity index (χ0n) is 13.6. The third-order valence-electron chi connectivity index (χ3n) is 3.41. The highest BCUT2D eigenvalue weighted by Crippen LogP contribution is 2.30. The highest BCUT2D eigenvalue weighted by atomic mass is 127. The molecular formula is C16H23IN2O3. The van der Waals surface area contributed by atoms with Gasteiger partial charge in [-0.3, -0.25) is 0 Å². The topological polar surface area (TPSA) is 42.0 Å². The van der Waals surface area contributed by atoms with E-state index in [1.165, 1.54) is 3.57 Å². The Morgan fingerprint density at radius 3 is 2.36 bits per heavy atom. The maximum atomic E-state index is 12.1. The standard InChI is InChI=1S/C16H23IN2O3/c1-16(2,3)22-15(20)19-9-7-18(8-10-19)13-11-12(17)5-6-14(13)21-4/h5-6,11H,7-10H2,1-4H3. The van der Waals surface area contributed by atoms with Crippen molar-refractivity contribution in [1.29, 1.82) is 0 Å². The second-order valence-electron chi connectivity index (χ2n) is 6.27. The molecule has 0 spiro atoms. The van der Waals surface area contributed by atoms with Crippen molar-refractivity contribution in [3.63, 3.8) is 0 Å². The zero-order valence-corrected chi connectivity index (χ0v) is 15.7. The van der Waals surface area contributed by atoms with Gasteiger partial charge in [0.25, 0.3) is 0 Å². The van der Waals surface area contributed by atoms with Crippen LogP contribution in [0.3, 0.4) is 0 Å². The van der Waals surface area contributed by atoms with Gasteiger partial charge in [-0.05, 0) is 61.6 Å². The number of methoxy groups -OCH3 is 1. The molecule has 0 aromatic heterocycles. The number of anilines is 1. The van der Waals surface area contributed by atoms with E-state index < -0.39 is 5.60 Å². The molecule has 1 aromatic carbocycles. The van der Waals surface area contributed by atoms with Crippen LogP contribution in [0.5, 0.6) is 5.75 Å². The molecule has 1 saturated heterocycles. The summed E-state index contributed by atoms with van der Waals surface area (Å²) >= 11 is 2.30. The summed E-state index contributed by atoms with van der Waals surface area (Å²) in [6.07, 6.45) is -0.234. The number of rotatable bonds is 2. The van der Waals surface area contributed by atoms with Crippen molar-refractivity contribution in [2.45, 2.75) is 26.4 Å². The number of amides is 1. The molecule has 0 aliphatic carbocycles. The lowest BCUT2D eigenvalue weighted by Crippen LogP contribution is -2.50. The van der Waals surface area contributed by atoms with Crippen LogP contribution < -0.4 is 9.64 Å². The van der Waals surface area contributed by atoms with Gasteiger partial charge in [0.15, 0.2) is 0 Å². The highest BCUT2D eigenvalue weighted by Gasteiger charge is 2.26. The van der Waals surface area contributed by atoms with E-state index in [1.807, 2.05) is 32.9 Å². The van der Waals surface area contributed by atoms with Crippen LogP contribution in [0.25, 0.3) is 0 Å². The lowest BCUT2D eigenvalue weighted by atomic mass is 10.2. The van der Waals surface area contributed by atoms with E-state index in [1.54, 1.807) is 12.0 Å². The molecule has 1 aliphatic rings. The van der Waals surface area contributed by atoms with Crippen molar-refractivity contribution in [1.82, 2.24) is 4.90 Å². The average molecular weight is 418 g/mol. The van der Waals surface area contributed by atoms with Crippen molar-refractivity contribution in [2.24, 2.45) is 0 Å². The molecule has 6 heteroatoms. The number of nitrogens with zero attached hydrogens (tertiary/aromatic N) is 2. The minimum atomic E-state index is -0.451. The monoisotopic (exact) mass is 418 g/mol. The van der Waals surface area contributed by atoms with Crippen molar-refractivity contribution in [2.75, 3.05) is 38.2 Å². The molecule has 0 saturated carbocycles. The lowest BCUT2D eigenvalue weighted by molar-refractivity contribution is 0.0240. The Kier molecular flexibility index (Phi) is 5.41. The third-order valence-corrected chi connectivity index (χ3v) is 4.08. The molecule has 0 bridgehead atoms. The Hall–Kier alpha value is -1.18. The van der Waals surface area contributed by atoms with Crippen LogP contribution >= 0.6 is 22.6 Å². The lowest BCUT2D eigenvalue weighted by Gasteiger charge is -2.37. The highest BCUT2D eigenvalue weighted by molar-refractivity contribution is 14.1. The van der Waals surface area contributed by atoms with E-state index in [0.717, 1.165) is 24.5 Å². The number of piperazine rings is 1. The van der Waals surface area contributed by atoms with E-state index in [0.29, 0.717) is 13.1 Å². The van der Waals surface area contributed by atoms with Gasteiger partial charge in [0.2, 0.25) is 0 Å². The first kappa shape index (κ1) is 17.2. The maximum Gasteiger partial charge on any atom is 0.410 e. The SMILES string of the molecule is COc1ccc(I)cc1N1CCN(C(=O)OC(C)(C)C)CC1. The summed E-state index contributed by atoms with van der Waals surface area (Å²) in [6.45, 7) is 8.52. The quantitative estimate of drug-likeness (QED) is 0.691. The van der Waals surface area contributed by atoms with Crippen LogP contribution in [0.15, 0.2) is 18.2 Å². The molecule has 2 rings (SSSR count). The first-order valence-electron chi connectivity index (χ1n) is 7.36. The predicted molar refractivity (Wildman–Crippen MR) is 95.7 cm³/mol.